The van der Waals surface area contributed by atoms with E-state index in [1.54, 1.807) is 0 Å². The topological polar surface area (TPSA) is 17.1 Å². The van der Waals surface area contributed by atoms with E-state index < -0.39 is 0 Å². The van der Waals surface area contributed by atoms with Crippen molar-refractivity contribution in [3.63, 3.8) is 0 Å². The minimum absolute atomic E-state index is 0.0798. The highest BCUT2D eigenvalue weighted by Gasteiger charge is 2.53. The summed E-state index contributed by atoms with van der Waals surface area (Å²) in [5.41, 5.74) is 22.8. The molecule has 4 heteroatoms. The standard InChI is InChI=1S/C33H31Br.C20H25Br.C13H6BrO/c1-31(2,3)20-14-16-23-24-17-15-21(32(4,5)6)19-28(24)33(27(23)18-20)26-12-8-7-10-22(26)25-11-9-13-29(34)30(25)33;1-19(2,3)15-9-7-14(8-10-15)17-12-11-16(13-18(17)21)20(4,5)6;14-11-7-3-6-9-8-4-1-2-5-10(8)13(15)12(9)11/h7-19H,1-6H3;7-13H,1-6H3;1-6H/q;;+1. The van der Waals surface area contributed by atoms with E-state index >= 15 is 0 Å². The second-order valence-electron chi connectivity index (χ2n) is 23.2. The molecule has 4 aliphatic carbocycles. The van der Waals surface area contributed by atoms with Gasteiger partial charge in [0.15, 0.2) is 10.1 Å². The van der Waals surface area contributed by atoms with E-state index in [2.05, 4.69) is 258 Å². The van der Waals surface area contributed by atoms with Crippen molar-refractivity contribution >= 4 is 59.1 Å². The number of fused-ring (bicyclic) bond motifs is 12. The highest BCUT2D eigenvalue weighted by Crippen LogP contribution is 2.64. The van der Waals surface area contributed by atoms with Gasteiger partial charge < -0.3 is 0 Å². The van der Waals surface area contributed by atoms with Gasteiger partial charge in [-0.3, -0.25) is 4.79 Å². The Morgan fingerprint density at radius 3 is 1.41 bits per heavy atom. The highest BCUT2D eigenvalue weighted by molar-refractivity contribution is 9.12. The maximum Gasteiger partial charge on any atom is 0.251 e. The first-order valence-corrected chi connectivity index (χ1v) is 26.7. The van der Waals surface area contributed by atoms with E-state index in [1.165, 1.54) is 86.8 Å². The Labute approximate surface area is 442 Å². The number of allylic oxidation sites excluding steroid dienone is 6. The number of benzene rings is 7. The lowest BCUT2D eigenvalue weighted by Gasteiger charge is -2.33. The number of hydrogen-bond donors (Lipinski definition) is 0. The van der Waals surface area contributed by atoms with Crippen molar-refractivity contribution < 1.29 is 4.79 Å². The van der Waals surface area contributed by atoms with Gasteiger partial charge in [-0.1, -0.05) is 242 Å². The molecule has 4 aliphatic rings. The van der Waals surface area contributed by atoms with Crippen LogP contribution in [-0.2, 0) is 27.1 Å². The Hall–Kier alpha value is -5.22. The van der Waals surface area contributed by atoms with Crippen molar-refractivity contribution in [2.75, 3.05) is 0 Å². The maximum atomic E-state index is 12.1. The van der Waals surface area contributed by atoms with Gasteiger partial charge in [-0.2, -0.15) is 0 Å². The number of ketones is 1. The fourth-order valence-corrected chi connectivity index (χ4v) is 12.3. The third-order valence-electron chi connectivity index (χ3n) is 14.4. The van der Waals surface area contributed by atoms with Gasteiger partial charge in [0.05, 0.1) is 17.6 Å². The monoisotopic (exact) mass is 1110 g/mol. The summed E-state index contributed by atoms with van der Waals surface area (Å²) in [5, 5.41) is 0. The molecule has 1 nitrogen and oxygen atoms in total. The quantitative estimate of drug-likeness (QED) is 0.150. The molecule has 0 aromatic heterocycles. The van der Waals surface area contributed by atoms with Gasteiger partial charge in [0.1, 0.15) is 11.6 Å². The van der Waals surface area contributed by atoms with Crippen LogP contribution in [-0.4, -0.2) is 5.78 Å². The van der Waals surface area contributed by atoms with Gasteiger partial charge in [-0.15, -0.1) is 0 Å². The number of carbonyl (C=O) groups excluding carboxylic acids is 1. The first-order chi connectivity index (χ1) is 32.9. The van der Waals surface area contributed by atoms with Gasteiger partial charge in [0.2, 0.25) is 0 Å². The molecule has 0 heterocycles. The maximum absolute atomic E-state index is 12.1. The summed E-state index contributed by atoms with van der Waals surface area (Å²) in [7, 11) is 0. The molecule has 7 aromatic carbocycles. The molecule has 0 saturated carbocycles. The molecule has 1 spiro atoms. The van der Waals surface area contributed by atoms with Crippen molar-refractivity contribution in [3.05, 3.63) is 238 Å². The van der Waals surface area contributed by atoms with Crippen LogP contribution in [0.5, 0.6) is 0 Å². The van der Waals surface area contributed by atoms with Crippen LogP contribution in [0.3, 0.4) is 0 Å². The Morgan fingerprint density at radius 2 is 0.871 bits per heavy atom. The van der Waals surface area contributed by atoms with Crippen LogP contribution in [0.2, 0.25) is 0 Å². The molecule has 11 rings (SSSR count). The molecule has 7 aromatic rings. The molecule has 0 atom stereocenters. The minimum Gasteiger partial charge on any atom is -0.272 e. The second-order valence-corrected chi connectivity index (χ2v) is 25.7. The summed E-state index contributed by atoms with van der Waals surface area (Å²) in [6.45, 7) is 27.3. The smallest absolute Gasteiger partial charge is 0.251 e. The summed E-state index contributed by atoms with van der Waals surface area (Å²) in [6.07, 6.45) is 6.76. The van der Waals surface area contributed by atoms with Crippen molar-refractivity contribution in [3.8, 4) is 33.4 Å². The van der Waals surface area contributed by atoms with Gasteiger partial charge in [-0.25, -0.2) is 0 Å². The van der Waals surface area contributed by atoms with Crippen LogP contribution in [0.25, 0.3) is 39.0 Å². The zero-order valence-corrected chi connectivity index (χ0v) is 47.3. The summed E-state index contributed by atoms with van der Waals surface area (Å²) < 4.78 is 3.10. The molecular formula is C66H62Br3O+. The van der Waals surface area contributed by atoms with E-state index in [4.69, 9.17) is 0 Å². The van der Waals surface area contributed by atoms with Crippen molar-refractivity contribution in [1.82, 2.24) is 0 Å². The molecule has 0 fully saturated rings. The van der Waals surface area contributed by atoms with Crippen molar-refractivity contribution in [1.29, 1.82) is 0 Å². The molecule has 0 saturated heterocycles. The van der Waals surface area contributed by atoms with Crippen LogP contribution in [0, 0.1) is 6.08 Å². The summed E-state index contributed by atoms with van der Waals surface area (Å²) >= 11 is 11.1. The molecular weight excluding hydrogens is 1050 g/mol. The Morgan fingerprint density at radius 1 is 0.414 bits per heavy atom. The van der Waals surface area contributed by atoms with Gasteiger partial charge >= 0.3 is 0 Å². The van der Waals surface area contributed by atoms with Crippen LogP contribution >= 0.6 is 47.8 Å². The molecule has 0 aliphatic heterocycles. The lowest BCUT2D eigenvalue weighted by molar-refractivity contribution is 0.104. The van der Waals surface area contributed by atoms with Gasteiger partial charge in [0.25, 0.3) is 5.78 Å². The van der Waals surface area contributed by atoms with E-state index in [0.717, 1.165) is 26.8 Å². The third kappa shape index (κ3) is 8.72. The van der Waals surface area contributed by atoms with Gasteiger partial charge in [0, 0.05) is 20.1 Å². The molecule has 70 heavy (non-hydrogen) atoms. The SMILES string of the molecule is CC(C)(C)c1ccc(-c2ccc(C(C)(C)C)cc2Br)cc1.CC(C)(C)c1ccc2c(c1)C1(c3cc(C(C)(C)C)ccc3-2)c2ccccc2-c2cccc(Br)c21.O=C1C2=C(C=C[C+]=C2Br)c2ccccc21. The lowest BCUT2D eigenvalue weighted by atomic mass is 9.69. The molecule has 0 bridgehead atoms. The zero-order valence-electron chi connectivity index (χ0n) is 42.6. The molecule has 0 unspecified atom stereocenters. The van der Waals surface area contributed by atoms with Crippen LogP contribution in [0.1, 0.15) is 144 Å². The predicted octanol–water partition coefficient (Wildman–Crippen LogP) is 19.4. The lowest BCUT2D eigenvalue weighted by Crippen LogP contribution is -2.27. The number of rotatable bonds is 1. The first kappa shape index (κ1) is 49.7. The zero-order chi connectivity index (χ0) is 50.3. The average molecular weight is 1110 g/mol. The Bertz CT molecular complexity index is 3270. The predicted molar refractivity (Wildman–Crippen MR) is 307 cm³/mol. The number of carbonyl (C=O) groups is 1. The van der Waals surface area contributed by atoms with E-state index in [-0.39, 0.29) is 32.9 Å². The normalized spacial score (nSPS) is 14.8. The largest absolute Gasteiger partial charge is 0.272 e. The summed E-state index contributed by atoms with van der Waals surface area (Å²) in [6, 6.07) is 53.4. The summed E-state index contributed by atoms with van der Waals surface area (Å²) in [5.74, 6) is 0.0873. The third-order valence-corrected chi connectivity index (χ3v) is 16.4. The number of Topliss-reactive ketones (excluding diaryl/α,β-unsaturated/α-hetero) is 1. The minimum atomic E-state index is -0.320. The van der Waals surface area contributed by atoms with Crippen molar-refractivity contribution in [2.24, 2.45) is 0 Å². The second kappa shape index (κ2) is 18.1. The molecule has 0 radical (unpaired) electrons. The van der Waals surface area contributed by atoms with Gasteiger partial charge in [-0.05, 0) is 134 Å². The van der Waals surface area contributed by atoms with Crippen LogP contribution in [0.15, 0.2) is 177 Å². The molecule has 352 valence electrons. The summed E-state index contributed by atoms with van der Waals surface area (Å²) in [4.78, 5) is 12.1. The van der Waals surface area contributed by atoms with Crippen molar-refractivity contribution in [2.45, 2.75) is 110 Å². The number of halogens is 3. The van der Waals surface area contributed by atoms with Crippen LogP contribution < -0.4 is 0 Å². The van der Waals surface area contributed by atoms with E-state index in [0.29, 0.717) is 0 Å². The first-order valence-electron chi connectivity index (χ1n) is 24.4. The van der Waals surface area contributed by atoms with E-state index in [9.17, 15) is 4.79 Å². The fourth-order valence-electron chi connectivity index (χ4n) is 10.5. The fraction of sp³-hybridized carbons (Fsp3) is 0.258. The Kier molecular flexibility index (Phi) is 12.9. The highest BCUT2D eigenvalue weighted by atomic mass is 79.9. The Balaban J connectivity index is 0.000000144. The van der Waals surface area contributed by atoms with Crippen LogP contribution in [0.4, 0.5) is 0 Å². The molecule has 0 amide bonds. The van der Waals surface area contributed by atoms with E-state index in [1.807, 2.05) is 36.4 Å². The average Bonchev–Trinajstić information content (AvgIpc) is 3.90. The number of hydrogen-bond acceptors (Lipinski definition) is 1. The molecule has 0 N–H and O–H groups in total.